The standard InChI is InChI=1S/C15H15NO4/c1-19-14-12(8-7-11(13(14)16)15(17)18)20-9-10-5-3-2-4-6-10/h2-8H,9,16H2,1H3,(H,17,18). The topological polar surface area (TPSA) is 81.8 Å². The molecule has 0 amide bonds. The number of ether oxygens (including phenoxy) is 2. The molecule has 2 aromatic rings. The van der Waals surface area contributed by atoms with Crippen LogP contribution in [0.5, 0.6) is 11.5 Å². The summed E-state index contributed by atoms with van der Waals surface area (Å²) in [5, 5.41) is 9.01. The van der Waals surface area contributed by atoms with Gasteiger partial charge < -0.3 is 20.3 Å². The molecule has 0 saturated heterocycles. The lowest BCUT2D eigenvalue weighted by molar-refractivity contribution is 0.0697. The number of hydrogen-bond acceptors (Lipinski definition) is 4. The Hall–Kier alpha value is -2.69. The minimum Gasteiger partial charge on any atom is -0.491 e. The van der Waals surface area contributed by atoms with E-state index in [-0.39, 0.29) is 17.0 Å². The van der Waals surface area contributed by atoms with Crippen LogP contribution in [-0.2, 0) is 6.61 Å². The number of benzene rings is 2. The van der Waals surface area contributed by atoms with Crippen LogP contribution < -0.4 is 15.2 Å². The van der Waals surface area contributed by atoms with E-state index in [1.807, 2.05) is 30.3 Å². The predicted octanol–water partition coefficient (Wildman–Crippen LogP) is 2.55. The zero-order valence-corrected chi connectivity index (χ0v) is 11.0. The maximum absolute atomic E-state index is 11.0. The van der Waals surface area contributed by atoms with Crippen molar-refractivity contribution in [2.45, 2.75) is 6.61 Å². The van der Waals surface area contributed by atoms with E-state index < -0.39 is 5.97 Å². The number of anilines is 1. The molecule has 2 aromatic carbocycles. The highest BCUT2D eigenvalue weighted by atomic mass is 16.5. The first-order valence-corrected chi connectivity index (χ1v) is 6.00. The number of methoxy groups -OCH3 is 1. The monoisotopic (exact) mass is 273 g/mol. The summed E-state index contributed by atoms with van der Waals surface area (Å²) in [6, 6.07) is 12.6. The van der Waals surface area contributed by atoms with Gasteiger partial charge in [0.15, 0.2) is 11.5 Å². The quantitative estimate of drug-likeness (QED) is 0.818. The smallest absolute Gasteiger partial charge is 0.337 e. The van der Waals surface area contributed by atoms with Gasteiger partial charge in [-0.2, -0.15) is 0 Å². The Morgan fingerprint density at radius 1 is 1.20 bits per heavy atom. The molecule has 0 aliphatic heterocycles. The van der Waals surface area contributed by atoms with Crippen molar-refractivity contribution in [3.63, 3.8) is 0 Å². The zero-order chi connectivity index (χ0) is 14.5. The van der Waals surface area contributed by atoms with Gasteiger partial charge in [0, 0.05) is 0 Å². The third-order valence-electron chi connectivity index (χ3n) is 2.83. The number of rotatable bonds is 5. The van der Waals surface area contributed by atoms with Crippen LogP contribution in [0.3, 0.4) is 0 Å². The predicted molar refractivity (Wildman–Crippen MR) is 75.1 cm³/mol. The highest BCUT2D eigenvalue weighted by Crippen LogP contribution is 2.36. The van der Waals surface area contributed by atoms with Crippen LogP contribution in [0.15, 0.2) is 42.5 Å². The maximum atomic E-state index is 11.0. The van der Waals surface area contributed by atoms with Crippen LogP contribution in [0.2, 0.25) is 0 Å². The van der Waals surface area contributed by atoms with Crippen molar-refractivity contribution in [3.05, 3.63) is 53.6 Å². The number of nitrogen functional groups attached to an aromatic ring is 1. The van der Waals surface area contributed by atoms with Gasteiger partial charge in [0.05, 0.1) is 18.4 Å². The Balaban J connectivity index is 2.24. The van der Waals surface area contributed by atoms with E-state index in [1.54, 1.807) is 6.07 Å². The summed E-state index contributed by atoms with van der Waals surface area (Å²) in [7, 11) is 1.42. The molecular formula is C15H15NO4. The summed E-state index contributed by atoms with van der Waals surface area (Å²) >= 11 is 0. The van der Waals surface area contributed by atoms with E-state index >= 15 is 0 Å². The van der Waals surface area contributed by atoms with E-state index in [0.29, 0.717) is 12.4 Å². The van der Waals surface area contributed by atoms with Gasteiger partial charge in [-0.15, -0.1) is 0 Å². The molecule has 0 bridgehead atoms. The Morgan fingerprint density at radius 3 is 2.50 bits per heavy atom. The second-order valence-electron chi connectivity index (χ2n) is 4.14. The molecular weight excluding hydrogens is 258 g/mol. The fourth-order valence-corrected chi connectivity index (χ4v) is 1.83. The molecule has 0 unspecified atom stereocenters. The molecule has 0 aliphatic rings. The van der Waals surface area contributed by atoms with Crippen molar-refractivity contribution in [3.8, 4) is 11.5 Å². The zero-order valence-electron chi connectivity index (χ0n) is 11.0. The van der Waals surface area contributed by atoms with Gasteiger partial charge in [0.2, 0.25) is 0 Å². The van der Waals surface area contributed by atoms with Gasteiger partial charge in [0.25, 0.3) is 0 Å². The molecule has 5 heteroatoms. The van der Waals surface area contributed by atoms with Gasteiger partial charge in [-0.05, 0) is 17.7 Å². The van der Waals surface area contributed by atoms with Gasteiger partial charge >= 0.3 is 5.97 Å². The molecule has 0 spiro atoms. The van der Waals surface area contributed by atoms with Crippen LogP contribution in [0.25, 0.3) is 0 Å². The summed E-state index contributed by atoms with van der Waals surface area (Å²) in [5.74, 6) is -0.449. The number of carboxylic acids is 1. The highest BCUT2D eigenvalue weighted by molar-refractivity contribution is 5.96. The average Bonchev–Trinajstić information content (AvgIpc) is 2.45. The molecule has 0 aromatic heterocycles. The normalized spacial score (nSPS) is 10.1. The fourth-order valence-electron chi connectivity index (χ4n) is 1.83. The first-order chi connectivity index (χ1) is 9.63. The second-order valence-corrected chi connectivity index (χ2v) is 4.14. The maximum Gasteiger partial charge on any atom is 0.337 e. The Kier molecular flexibility index (Phi) is 4.10. The fraction of sp³-hybridized carbons (Fsp3) is 0.133. The largest absolute Gasteiger partial charge is 0.491 e. The van der Waals surface area contributed by atoms with Gasteiger partial charge in [-0.1, -0.05) is 30.3 Å². The summed E-state index contributed by atoms with van der Waals surface area (Å²) in [6.45, 7) is 0.350. The summed E-state index contributed by atoms with van der Waals surface area (Å²) < 4.78 is 10.8. The van der Waals surface area contributed by atoms with Crippen molar-refractivity contribution in [1.29, 1.82) is 0 Å². The summed E-state index contributed by atoms with van der Waals surface area (Å²) in [6.07, 6.45) is 0. The Bertz CT molecular complexity index is 611. The van der Waals surface area contributed by atoms with Crippen molar-refractivity contribution < 1.29 is 19.4 Å². The van der Waals surface area contributed by atoms with E-state index in [9.17, 15) is 4.79 Å². The lowest BCUT2D eigenvalue weighted by atomic mass is 10.1. The van der Waals surface area contributed by atoms with E-state index in [1.165, 1.54) is 13.2 Å². The molecule has 0 fully saturated rings. The first kappa shape index (κ1) is 13.7. The number of nitrogens with two attached hydrogens (primary N) is 1. The molecule has 20 heavy (non-hydrogen) atoms. The minimum absolute atomic E-state index is 0.00564. The van der Waals surface area contributed by atoms with E-state index in [2.05, 4.69) is 0 Å². The average molecular weight is 273 g/mol. The molecule has 0 saturated carbocycles. The SMILES string of the molecule is COc1c(OCc2ccccc2)ccc(C(=O)O)c1N. The second kappa shape index (κ2) is 5.97. The van der Waals surface area contributed by atoms with Crippen LogP contribution in [-0.4, -0.2) is 18.2 Å². The molecule has 104 valence electrons. The van der Waals surface area contributed by atoms with E-state index in [4.69, 9.17) is 20.3 Å². The number of aromatic carboxylic acids is 1. The Morgan fingerprint density at radius 2 is 1.90 bits per heavy atom. The molecule has 2 rings (SSSR count). The molecule has 3 N–H and O–H groups in total. The van der Waals surface area contributed by atoms with Crippen LogP contribution in [0.1, 0.15) is 15.9 Å². The van der Waals surface area contributed by atoms with E-state index in [0.717, 1.165) is 5.56 Å². The number of carboxylic acid groups (broad SMARTS) is 1. The molecule has 0 aliphatic carbocycles. The molecule has 0 atom stereocenters. The number of hydrogen-bond donors (Lipinski definition) is 2. The summed E-state index contributed by atoms with van der Waals surface area (Å²) in [4.78, 5) is 11.0. The minimum atomic E-state index is -1.10. The van der Waals surface area contributed by atoms with Crippen molar-refractivity contribution >= 4 is 11.7 Å². The first-order valence-electron chi connectivity index (χ1n) is 6.00. The third-order valence-corrected chi connectivity index (χ3v) is 2.83. The summed E-state index contributed by atoms with van der Waals surface area (Å²) in [5.41, 5.74) is 6.83. The molecule has 5 nitrogen and oxygen atoms in total. The van der Waals surface area contributed by atoms with Crippen LogP contribution in [0, 0.1) is 0 Å². The van der Waals surface area contributed by atoms with Gasteiger partial charge in [-0.3, -0.25) is 0 Å². The van der Waals surface area contributed by atoms with Crippen LogP contribution in [0.4, 0.5) is 5.69 Å². The molecule has 0 heterocycles. The van der Waals surface area contributed by atoms with Crippen LogP contribution >= 0.6 is 0 Å². The van der Waals surface area contributed by atoms with Crippen molar-refractivity contribution in [2.24, 2.45) is 0 Å². The van der Waals surface area contributed by atoms with Gasteiger partial charge in [0.1, 0.15) is 6.61 Å². The van der Waals surface area contributed by atoms with Gasteiger partial charge in [-0.25, -0.2) is 4.79 Å². The Labute approximate surface area is 116 Å². The highest BCUT2D eigenvalue weighted by Gasteiger charge is 2.16. The van der Waals surface area contributed by atoms with Crippen molar-refractivity contribution in [2.75, 3.05) is 12.8 Å². The molecule has 0 radical (unpaired) electrons. The lowest BCUT2D eigenvalue weighted by Crippen LogP contribution is -2.06. The third kappa shape index (κ3) is 2.83. The lowest BCUT2D eigenvalue weighted by Gasteiger charge is -2.14. The number of carbonyl (C=O) groups is 1. The van der Waals surface area contributed by atoms with Crippen molar-refractivity contribution in [1.82, 2.24) is 0 Å².